The van der Waals surface area contributed by atoms with Gasteiger partial charge in [0.1, 0.15) is 0 Å². The summed E-state index contributed by atoms with van der Waals surface area (Å²) in [7, 11) is 0. The highest BCUT2D eigenvalue weighted by molar-refractivity contribution is 5.99. The summed E-state index contributed by atoms with van der Waals surface area (Å²) in [6.07, 6.45) is 2.30. The standard InChI is InChI=1S/C23H26N4O4/c1-2-17(23(30)31)20(15-6-4-3-5-7-15)27-22(29)19-12-18(19)21(28)26-16-10-8-14(9-11-16)13-25-24/h3-11,13,17-20H,2,12,24H2,1H3,(H,26,28)(H,27,29)(H,30,31). The zero-order chi connectivity index (χ0) is 22.4. The molecule has 8 nitrogen and oxygen atoms in total. The Hall–Kier alpha value is -3.68. The summed E-state index contributed by atoms with van der Waals surface area (Å²) in [6.45, 7) is 1.78. The van der Waals surface area contributed by atoms with E-state index in [-0.39, 0.29) is 11.8 Å². The lowest BCUT2D eigenvalue weighted by molar-refractivity contribution is -0.143. The molecule has 0 aliphatic heterocycles. The van der Waals surface area contributed by atoms with Crippen LogP contribution in [0, 0.1) is 17.8 Å². The first-order valence-electron chi connectivity index (χ1n) is 10.2. The summed E-state index contributed by atoms with van der Waals surface area (Å²) in [5, 5.41) is 18.7. The van der Waals surface area contributed by atoms with Gasteiger partial charge in [-0.2, -0.15) is 5.10 Å². The van der Waals surface area contributed by atoms with Crippen LogP contribution in [0.15, 0.2) is 59.7 Å². The summed E-state index contributed by atoms with van der Waals surface area (Å²) in [5.41, 5.74) is 2.15. The molecule has 162 valence electrons. The van der Waals surface area contributed by atoms with E-state index in [9.17, 15) is 19.5 Å². The fourth-order valence-corrected chi connectivity index (χ4v) is 3.64. The molecular weight excluding hydrogens is 396 g/mol. The largest absolute Gasteiger partial charge is 0.481 e. The van der Waals surface area contributed by atoms with Gasteiger partial charge in [0, 0.05) is 5.69 Å². The van der Waals surface area contributed by atoms with Crippen molar-refractivity contribution in [2.75, 3.05) is 5.32 Å². The molecule has 2 aromatic carbocycles. The van der Waals surface area contributed by atoms with Gasteiger partial charge < -0.3 is 21.6 Å². The average molecular weight is 422 g/mol. The van der Waals surface area contributed by atoms with Gasteiger partial charge in [0.05, 0.1) is 30.0 Å². The average Bonchev–Trinajstić information content (AvgIpc) is 3.57. The Morgan fingerprint density at radius 2 is 1.74 bits per heavy atom. The number of nitrogens with two attached hydrogens (primary N) is 1. The fourth-order valence-electron chi connectivity index (χ4n) is 3.64. The van der Waals surface area contributed by atoms with Crippen molar-refractivity contribution >= 4 is 29.7 Å². The van der Waals surface area contributed by atoms with E-state index in [0.29, 0.717) is 18.5 Å². The maximum absolute atomic E-state index is 12.8. The first-order chi connectivity index (χ1) is 14.9. The molecule has 1 aliphatic carbocycles. The third-order valence-electron chi connectivity index (χ3n) is 5.48. The predicted molar refractivity (Wildman–Crippen MR) is 117 cm³/mol. The van der Waals surface area contributed by atoms with Crippen molar-refractivity contribution in [3.63, 3.8) is 0 Å². The second-order valence-corrected chi connectivity index (χ2v) is 7.59. The van der Waals surface area contributed by atoms with Gasteiger partial charge in [-0.3, -0.25) is 14.4 Å². The van der Waals surface area contributed by atoms with Crippen LogP contribution in [0.1, 0.15) is 36.9 Å². The number of amides is 2. The number of carbonyl (C=O) groups is 3. The predicted octanol–water partition coefficient (Wildman–Crippen LogP) is 2.52. The molecule has 2 amide bonds. The summed E-state index contributed by atoms with van der Waals surface area (Å²) >= 11 is 0. The minimum atomic E-state index is -0.968. The van der Waals surface area contributed by atoms with Crippen LogP contribution >= 0.6 is 0 Å². The van der Waals surface area contributed by atoms with Crippen LogP contribution < -0.4 is 16.5 Å². The number of aliphatic carboxylic acids is 1. The normalized spacial score (nSPS) is 19.4. The van der Waals surface area contributed by atoms with Gasteiger partial charge in [-0.15, -0.1) is 0 Å². The van der Waals surface area contributed by atoms with E-state index in [1.165, 1.54) is 6.21 Å². The summed E-state index contributed by atoms with van der Waals surface area (Å²) < 4.78 is 0. The van der Waals surface area contributed by atoms with Gasteiger partial charge >= 0.3 is 5.97 Å². The van der Waals surface area contributed by atoms with E-state index in [0.717, 1.165) is 11.1 Å². The van der Waals surface area contributed by atoms with Gasteiger partial charge in [0.2, 0.25) is 11.8 Å². The van der Waals surface area contributed by atoms with Crippen molar-refractivity contribution in [2.45, 2.75) is 25.8 Å². The highest BCUT2D eigenvalue weighted by atomic mass is 16.4. The Labute approximate surface area is 180 Å². The van der Waals surface area contributed by atoms with Crippen LogP contribution in [-0.4, -0.2) is 29.1 Å². The third-order valence-corrected chi connectivity index (χ3v) is 5.48. The highest BCUT2D eigenvalue weighted by Crippen LogP contribution is 2.40. The van der Waals surface area contributed by atoms with Crippen molar-refractivity contribution in [3.05, 3.63) is 65.7 Å². The first-order valence-corrected chi connectivity index (χ1v) is 10.2. The van der Waals surface area contributed by atoms with Gasteiger partial charge in [0.15, 0.2) is 0 Å². The molecule has 1 aliphatic rings. The molecule has 2 aromatic rings. The Morgan fingerprint density at radius 1 is 1.10 bits per heavy atom. The molecular formula is C23H26N4O4. The number of hydrazone groups is 1. The maximum atomic E-state index is 12.8. The Kier molecular flexibility index (Phi) is 7.02. The van der Waals surface area contributed by atoms with Crippen LogP contribution in [0.25, 0.3) is 0 Å². The van der Waals surface area contributed by atoms with Crippen LogP contribution in [0.3, 0.4) is 0 Å². The number of nitrogens with one attached hydrogen (secondary N) is 2. The van der Waals surface area contributed by atoms with Crippen LogP contribution in [0.4, 0.5) is 5.69 Å². The van der Waals surface area contributed by atoms with Gasteiger partial charge in [0.25, 0.3) is 0 Å². The quantitative estimate of drug-likeness (QED) is 0.280. The molecule has 0 radical (unpaired) electrons. The monoisotopic (exact) mass is 422 g/mol. The Bertz CT molecular complexity index is 959. The Morgan fingerprint density at radius 3 is 2.32 bits per heavy atom. The van der Waals surface area contributed by atoms with E-state index in [4.69, 9.17) is 5.84 Å². The van der Waals surface area contributed by atoms with E-state index < -0.39 is 29.8 Å². The minimum Gasteiger partial charge on any atom is -0.481 e. The number of carbonyl (C=O) groups excluding carboxylic acids is 2. The number of rotatable bonds is 9. The van der Waals surface area contributed by atoms with Gasteiger partial charge in [-0.1, -0.05) is 49.4 Å². The van der Waals surface area contributed by atoms with E-state index in [1.54, 1.807) is 55.5 Å². The molecule has 0 aromatic heterocycles. The topological polar surface area (TPSA) is 134 Å². The number of anilines is 1. The second kappa shape index (κ2) is 9.88. The van der Waals surface area contributed by atoms with E-state index in [1.807, 2.05) is 6.07 Å². The maximum Gasteiger partial charge on any atom is 0.308 e. The first kappa shape index (κ1) is 22.0. The molecule has 5 N–H and O–H groups in total. The van der Waals surface area contributed by atoms with E-state index in [2.05, 4.69) is 15.7 Å². The molecule has 0 heterocycles. The number of benzene rings is 2. The molecule has 1 saturated carbocycles. The number of nitrogens with zero attached hydrogens (tertiary/aromatic N) is 1. The zero-order valence-corrected chi connectivity index (χ0v) is 17.2. The fraction of sp³-hybridized carbons (Fsp3) is 0.304. The van der Waals surface area contributed by atoms with Gasteiger partial charge in [-0.05, 0) is 36.1 Å². The molecule has 0 spiro atoms. The number of carboxylic acid groups (broad SMARTS) is 1. The van der Waals surface area contributed by atoms with Crippen molar-refractivity contribution in [1.82, 2.24) is 5.32 Å². The zero-order valence-electron chi connectivity index (χ0n) is 17.2. The molecule has 8 heteroatoms. The van der Waals surface area contributed by atoms with Crippen molar-refractivity contribution < 1.29 is 19.5 Å². The van der Waals surface area contributed by atoms with E-state index >= 15 is 0 Å². The smallest absolute Gasteiger partial charge is 0.308 e. The number of hydrogen-bond acceptors (Lipinski definition) is 5. The lowest BCUT2D eigenvalue weighted by Gasteiger charge is -2.25. The number of carboxylic acids is 1. The molecule has 4 unspecified atom stereocenters. The number of hydrogen-bond donors (Lipinski definition) is 4. The lowest BCUT2D eigenvalue weighted by Crippen LogP contribution is -2.38. The van der Waals surface area contributed by atoms with Crippen LogP contribution in [0.2, 0.25) is 0 Å². The minimum absolute atomic E-state index is 0.234. The van der Waals surface area contributed by atoms with Gasteiger partial charge in [-0.25, -0.2) is 0 Å². The summed E-state index contributed by atoms with van der Waals surface area (Å²) in [6, 6.07) is 15.4. The molecule has 4 atom stereocenters. The lowest BCUT2D eigenvalue weighted by atomic mass is 9.90. The molecule has 3 rings (SSSR count). The molecule has 1 fully saturated rings. The second-order valence-electron chi connectivity index (χ2n) is 7.59. The summed E-state index contributed by atoms with van der Waals surface area (Å²) in [5.74, 6) is 1.95. The molecule has 0 bridgehead atoms. The van der Waals surface area contributed by atoms with Crippen molar-refractivity contribution in [3.8, 4) is 0 Å². The Balaban J connectivity index is 1.63. The van der Waals surface area contributed by atoms with Crippen LogP contribution in [-0.2, 0) is 14.4 Å². The SMILES string of the molecule is CCC(C(=O)O)C(NC(=O)C1CC1C(=O)Nc1ccc(C=NN)cc1)c1ccccc1. The van der Waals surface area contributed by atoms with Crippen LogP contribution in [0.5, 0.6) is 0 Å². The summed E-state index contributed by atoms with van der Waals surface area (Å²) in [4.78, 5) is 37.1. The molecule has 31 heavy (non-hydrogen) atoms. The highest BCUT2D eigenvalue weighted by Gasteiger charge is 2.49. The van der Waals surface area contributed by atoms with Crippen molar-refractivity contribution in [2.24, 2.45) is 28.7 Å². The third kappa shape index (κ3) is 5.48. The molecule has 0 saturated heterocycles. The van der Waals surface area contributed by atoms with Crippen molar-refractivity contribution in [1.29, 1.82) is 0 Å².